The van der Waals surface area contributed by atoms with Gasteiger partial charge in [-0.25, -0.2) is 0 Å². The minimum Gasteiger partial charge on any atom is -0.504 e. The van der Waals surface area contributed by atoms with E-state index in [1.807, 2.05) is 6.07 Å². The standard InChI is InChI=1S/C12H14ClNO4/c1-18-10-5-7(6-14)4-8(12(10)17)11(16)9(15)2-3-13/h4-5,9,11,15-17H,2-3H2,1H3. The van der Waals surface area contributed by atoms with Crippen molar-refractivity contribution in [3.8, 4) is 17.6 Å². The van der Waals surface area contributed by atoms with Crippen LogP contribution in [0.25, 0.3) is 0 Å². The summed E-state index contributed by atoms with van der Waals surface area (Å²) in [6, 6.07) is 4.54. The molecule has 2 atom stereocenters. The van der Waals surface area contributed by atoms with Crippen LogP contribution < -0.4 is 4.74 Å². The second-order valence-electron chi connectivity index (χ2n) is 3.72. The van der Waals surface area contributed by atoms with Crippen LogP contribution in [-0.2, 0) is 0 Å². The summed E-state index contributed by atoms with van der Waals surface area (Å²) in [5.74, 6) is -0.0487. The van der Waals surface area contributed by atoms with E-state index in [-0.39, 0.29) is 34.9 Å². The number of aliphatic hydroxyl groups is 2. The molecule has 6 heteroatoms. The fraction of sp³-hybridized carbons (Fsp3) is 0.417. The molecule has 0 aliphatic rings. The van der Waals surface area contributed by atoms with Gasteiger partial charge >= 0.3 is 0 Å². The molecule has 0 fully saturated rings. The molecule has 98 valence electrons. The van der Waals surface area contributed by atoms with Crippen LogP contribution in [0.4, 0.5) is 0 Å². The van der Waals surface area contributed by atoms with Crippen LogP contribution in [0.3, 0.4) is 0 Å². The quantitative estimate of drug-likeness (QED) is 0.702. The Morgan fingerprint density at radius 2 is 2.11 bits per heavy atom. The predicted molar refractivity (Wildman–Crippen MR) is 65.7 cm³/mol. The van der Waals surface area contributed by atoms with E-state index in [2.05, 4.69) is 0 Å². The van der Waals surface area contributed by atoms with Crippen molar-refractivity contribution in [2.75, 3.05) is 13.0 Å². The first-order chi connectivity index (χ1) is 8.54. The minimum atomic E-state index is -1.33. The van der Waals surface area contributed by atoms with Gasteiger partial charge in [0.2, 0.25) is 0 Å². The molecule has 1 aromatic carbocycles. The van der Waals surface area contributed by atoms with E-state index in [0.29, 0.717) is 0 Å². The maximum atomic E-state index is 9.91. The summed E-state index contributed by atoms with van der Waals surface area (Å²) in [6.45, 7) is 0. The van der Waals surface area contributed by atoms with Crippen molar-refractivity contribution in [1.82, 2.24) is 0 Å². The number of benzene rings is 1. The maximum Gasteiger partial charge on any atom is 0.163 e. The van der Waals surface area contributed by atoms with Gasteiger partial charge < -0.3 is 20.1 Å². The SMILES string of the molecule is COc1cc(C#N)cc(C(O)C(O)CCCl)c1O. The zero-order valence-corrected chi connectivity index (χ0v) is 10.6. The van der Waals surface area contributed by atoms with Crippen molar-refractivity contribution in [3.05, 3.63) is 23.3 Å². The number of hydrogen-bond acceptors (Lipinski definition) is 5. The van der Waals surface area contributed by atoms with Crippen LogP contribution in [0.5, 0.6) is 11.5 Å². The Hall–Kier alpha value is -1.48. The van der Waals surface area contributed by atoms with Crippen LogP contribution in [0.15, 0.2) is 12.1 Å². The number of aliphatic hydroxyl groups excluding tert-OH is 2. The average molecular weight is 272 g/mol. The Labute approximate surface area is 110 Å². The number of phenols is 1. The molecular weight excluding hydrogens is 258 g/mol. The largest absolute Gasteiger partial charge is 0.504 e. The third-order valence-corrected chi connectivity index (χ3v) is 2.76. The highest BCUT2D eigenvalue weighted by atomic mass is 35.5. The summed E-state index contributed by atoms with van der Waals surface area (Å²) in [6.07, 6.45) is -2.28. The molecule has 0 saturated carbocycles. The van der Waals surface area contributed by atoms with Gasteiger partial charge in [-0.1, -0.05) is 0 Å². The average Bonchev–Trinajstić information content (AvgIpc) is 2.38. The Kier molecular flexibility index (Phi) is 5.23. The molecule has 1 aromatic rings. The number of alkyl halides is 1. The van der Waals surface area contributed by atoms with Gasteiger partial charge in [0.1, 0.15) is 6.10 Å². The molecule has 0 aliphatic heterocycles. The Morgan fingerprint density at radius 3 is 2.61 bits per heavy atom. The van der Waals surface area contributed by atoms with E-state index in [9.17, 15) is 15.3 Å². The van der Waals surface area contributed by atoms with Crippen molar-refractivity contribution in [1.29, 1.82) is 5.26 Å². The monoisotopic (exact) mass is 271 g/mol. The summed E-state index contributed by atoms with van der Waals surface area (Å²) in [5.41, 5.74) is 0.264. The van der Waals surface area contributed by atoms with Crippen LogP contribution in [0.1, 0.15) is 23.7 Å². The number of phenolic OH excluding ortho intramolecular Hbond substituents is 1. The molecule has 0 amide bonds. The highest BCUT2D eigenvalue weighted by Crippen LogP contribution is 2.36. The molecule has 3 N–H and O–H groups in total. The van der Waals surface area contributed by atoms with E-state index in [0.717, 1.165) is 0 Å². The number of rotatable bonds is 5. The van der Waals surface area contributed by atoms with Gasteiger partial charge in [0.15, 0.2) is 11.5 Å². The highest BCUT2D eigenvalue weighted by Gasteiger charge is 2.23. The van der Waals surface area contributed by atoms with Gasteiger partial charge in [-0.2, -0.15) is 5.26 Å². The molecule has 0 spiro atoms. The molecular formula is C12H14ClNO4. The van der Waals surface area contributed by atoms with E-state index in [1.165, 1.54) is 19.2 Å². The van der Waals surface area contributed by atoms with E-state index < -0.39 is 12.2 Å². The summed E-state index contributed by atoms with van der Waals surface area (Å²) in [7, 11) is 1.33. The minimum absolute atomic E-state index is 0.0449. The first kappa shape index (κ1) is 14.6. The molecule has 18 heavy (non-hydrogen) atoms. The fourth-order valence-corrected chi connectivity index (χ4v) is 1.78. The van der Waals surface area contributed by atoms with Crippen molar-refractivity contribution in [2.45, 2.75) is 18.6 Å². The third kappa shape index (κ3) is 3.05. The van der Waals surface area contributed by atoms with E-state index >= 15 is 0 Å². The summed E-state index contributed by atoms with van der Waals surface area (Å²) in [5, 5.41) is 38.3. The first-order valence-corrected chi connectivity index (χ1v) is 5.81. The maximum absolute atomic E-state index is 9.91. The first-order valence-electron chi connectivity index (χ1n) is 5.28. The molecule has 0 heterocycles. The Bertz CT molecular complexity index is 458. The number of nitriles is 1. The number of aromatic hydroxyl groups is 1. The predicted octanol–water partition coefficient (Wildman–Crippen LogP) is 1.30. The summed E-state index contributed by atoms with van der Waals surface area (Å²) in [4.78, 5) is 0. The zero-order chi connectivity index (χ0) is 13.7. The van der Waals surface area contributed by atoms with Gasteiger partial charge in [-0.05, 0) is 12.5 Å². The lowest BCUT2D eigenvalue weighted by Crippen LogP contribution is -2.19. The fourth-order valence-electron chi connectivity index (χ4n) is 1.55. The molecule has 0 aliphatic carbocycles. The lowest BCUT2D eigenvalue weighted by Gasteiger charge is -2.19. The zero-order valence-electron chi connectivity index (χ0n) is 9.80. The lowest BCUT2D eigenvalue weighted by atomic mass is 9.99. The van der Waals surface area contributed by atoms with Gasteiger partial charge in [0, 0.05) is 17.5 Å². The van der Waals surface area contributed by atoms with Crippen molar-refractivity contribution >= 4 is 11.6 Å². The van der Waals surface area contributed by atoms with Gasteiger partial charge in [-0.15, -0.1) is 11.6 Å². The molecule has 0 aromatic heterocycles. The van der Waals surface area contributed by atoms with Crippen molar-refractivity contribution < 1.29 is 20.1 Å². The smallest absolute Gasteiger partial charge is 0.163 e. The van der Waals surface area contributed by atoms with E-state index in [1.54, 1.807) is 0 Å². The molecule has 0 radical (unpaired) electrons. The number of hydrogen-bond donors (Lipinski definition) is 3. The van der Waals surface area contributed by atoms with Crippen LogP contribution in [0, 0.1) is 11.3 Å². The Morgan fingerprint density at radius 1 is 1.44 bits per heavy atom. The van der Waals surface area contributed by atoms with Crippen LogP contribution in [0.2, 0.25) is 0 Å². The van der Waals surface area contributed by atoms with Crippen LogP contribution in [-0.4, -0.2) is 34.4 Å². The summed E-state index contributed by atoms with van der Waals surface area (Å²) < 4.78 is 4.90. The van der Waals surface area contributed by atoms with Gasteiger partial charge in [0.25, 0.3) is 0 Å². The third-order valence-electron chi connectivity index (χ3n) is 2.54. The second kappa shape index (κ2) is 6.45. The molecule has 5 nitrogen and oxygen atoms in total. The number of methoxy groups -OCH3 is 1. The normalized spacial score (nSPS) is 13.7. The lowest BCUT2D eigenvalue weighted by molar-refractivity contribution is 0.0155. The topological polar surface area (TPSA) is 93.7 Å². The second-order valence-corrected chi connectivity index (χ2v) is 4.10. The number of halogens is 1. The van der Waals surface area contributed by atoms with Crippen LogP contribution >= 0.6 is 11.6 Å². The highest BCUT2D eigenvalue weighted by molar-refractivity contribution is 6.17. The van der Waals surface area contributed by atoms with Crippen molar-refractivity contribution in [2.24, 2.45) is 0 Å². The Balaban J connectivity index is 3.18. The van der Waals surface area contributed by atoms with E-state index in [4.69, 9.17) is 21.6 Å². The van der Waals surface area contributed by atoms with Gasteiger partial charge in [0.05, 0.1) is 24.8 Å². The molecule has 2 unspecified atom stereocenters. The number of nitrogens with zero attached hydrogens (tertiary/aromatic N) is 1. The number of ether oxygens (including phenoxy) is 1. The summed E-state index contributed by atoms with van der Waals surface area (Å²) >= 11 is 5.47. The molecule has 1 rings (SSSR count). The molecule has 0 saturated heterocycles. The van der Waals surface area contributed by atoms with Gasteiger partial charge in [-0.3, -0.25) is 0 Å². The van der Waals surface area contributed by atoms with Crippen molar-refractivity contribution in [3.63, 3.8) is 0 Å². The molecule has 0 bridgehead atoms.